The molecule has 2 atom stereocenters. The number of nitrogens with zero attached hydrogens (tertiary/aromatic N) is 1. The highest BCUT2D eigenvalue weighted by molar-refractivity contribution is 5.56. The molecule has 102 valence electrons. The Morgan fingerprint density at radius 3 is 2.74 bits per heavy atom. The summed E-state index contributed by atoms with van der Waals surface area (Å²) in [5, 5.41) is 8.99. The Bertz CT molecular complexity index is 502. The molecule has 0 aliphatic heterocycles. The van der Waals surface area contributed by atoms with Crippen molar-refractivity contribution in [1.29, 1.82) is 5.26 Å². The third kappa shape index (κ3) is 3.41. The first-order chi connectivity index (χ1) is 8.89. The molecular weight excluding hydrogens is 236 g/mol. The van der Waals surface area contributed by atoms with E-state index in [0.717, 1.165) is 18.6 Å². The average Bonchev–Trinajstić information content (AvgIpc) is 2.29. The SMILES string of the molecule is CC1CC(Oc2ccc(N)c(C#N)c2)CC(C)(C)C1. The lowest BCUT2D eigenvalue weighted by Crippen LogP contribution is -2.34. The lowest BCUT2D eigenvalue weighted by atomic mass is 9.71. The fraction of sp³-hybridized carbons (Fsp3) is 0.562. The third-order valence-corrected chi connectivity index (χ3v) is 3.79. The molecule has 1 aliphatic carbocycles. The van der Waals surface area contributed by atoms with Crippen molar-refractivity contribution in [2.45, 2.75) is 46.1 Å². The third-order valence-electron chi connectivity index (χ3n) is 3.79. The van der Waals surface area contributed by atoms with Crippen LogP contribution in [-0.2, 0) is 0 Å². The van der Waals surface area contributed by atoms with Crippen LogP contribution in [0.3, 0.4) is 0 Å². The summed E-state index contributed by atoms with van der Waals surface area (Å²) in [6.07, 6.45) is 3.62. The molecule has 0 bridgehead atoms. The number of hydrogen-bond donors (Lipinski definition) is 1. The van der Waals surface area contributed by atoms with Crippen LogP contribution >= 0.6 is 0 Å². The Balaban J connectivity index is 2.11. The van der Waals surface area contributed by atoms with Crippen LogP contribution in [0.2, 0.25) is 0 Å². The maximum atomic E-state index is 8.99. The van der Waals surface area contributed by atoms with E-state index in [9.17, 15) is 0 Å². The van der Waals surface area contributed by atoms with Crippen LogP contribution < -0.4 is 10.5 Å². The number of hydrogen-bond acceptors (Lipinski definition) is 3. The van der Waals surface area contributed by atoms with Crippen molar-refractivity contribution in [2.75, 3.05) is 5.73 Å². The second kappa shape index (κ2) is 5.13. The number of benzene rings is 1. The van der Waals surface area contributed by atoms with Crippen molar-refractivity contribution in [3.63, 3.8) is 0 Å². The summed E-state index contributed by atoms with van der Waals surface area (Å²) in [5.41, 5.74) is 7.04. The maximum Gasteiger partial charge on any atom is 0.121 e. The zero-order valence-corrected chi connectivity index (χ0v) is 11.9. The van der Waals surface area contributed by atoms with E-state index in [4.69, 9.17) is 15.7 Å². The zero-order valence-electron chi connectivity index (χ0n) is 11.9. The van der Waals surface area contributed by atoms with Gasteiger partial charge >= 0.3 is 0 Å². The Morgan fingerprint density at radius 1 is 1.37 bits per heavy atom. The minimum absolute atomic E-state index is 0.230. The van der Waals surface area contributed by atoms with Crippen molar-refractivity contribution in [3.8, 4) is 11.8 Å². The number of anilines is 1. The van der Waals surface area contributed by atoms with Gasteiger partial charge in [-0.15, -0.1) is 0 Å². The van der Waals surface area contributed by atoms with E-state index in [1.807, 2.05) is 6.07 Å². The summed E-state index contributed by atoms with van der Waals surface area (Å²) in [5.74, 6) is 1.43. The van der Waals surface area contributed by atoms with Crippen LogP contribution in [0, 0.1) is 22.7 Å². The highest BCUT2D eigenvalue weighted by Gasteiger charge is 2.33. The highest BCUT2D eigenvalue weighted by atomic mass is 16.5. The largest absolute Gasteiger partial charge is 0.490 e. The molecule has 1 aromatic rings. The first-order valence-corrected chi connectivity index (χ1v) is 6.86. The molecule has 2 N–H and O–H groups in total. The van der Waals surface area contributed by atoms with Crippen molar-refractivity contribution in [3.05, 3.63) is 23.8 Å². The number of nitriles is 1. The molecule has 0 amide bonds. The summed E-state index contributed by atoms with van der Waals surface area (Å²) >= 11 is 0. The molecule has 1 saturated carbocycles. The minimum Gasteiger partial charge on any atom is -0.490 e. The van der Waals surface area contributed by atoms with E-state index < -0.39 is 0 Å². The van der Waals surface area contributed by atoms with Crippen LogP contribution in [0.4, 0.5) is 5.69 Å². The van der Waals surface area contributed by atoms with E-state index in [-0.39, 0.29) is 6.10 Å². The van der Waals surface area contributed by atoms with Crippen LogP contribution in [0.15, 0.2) is 18.2 Å². The van der Waals surface area contributed by atoms with Crippen molar-refractivity contribution >= 4 is 5.69 Å². The Kier molecular flexibility index (Phi) is 3.71. The Labute approximate surface area is 115 Å². The van der Waals surface area contributed by atoms with E-state index in [1.54, 1.807) is 12.1 Å². The molecule has 0 heterocycles. The van der Waals surface area contributed by atoms with E-state index in [1.165, 1.54) is 6.42 Å². The van der Waals surface area contributed by atoms with Crippen LogP contribution in [-0.4, -0.2) is 6.10 Å². The number of rotatable bonds is 2. The smallest absolute Gasteiger partial charge is 0.121 e. The van der Waals surface area contributed by atoms with Gasteiger partial charge in [0.2, 0.25) is 0 Å². The zero-order chi connectivity index (χ0) is 14.0. The van der Waals surface area contributed by atoms with Crippen LogP contribution in [0.5, 0.6) is 5.75 Å². The van der Waals surface area contributed by atoms with Crippen molar-refractivity contribution < 1.29 is 4.74 Å². The van der Waals surface area contributed by atoms with Gasteiger partial charge in [-0.3, -0.25) is 0 Å². The molecule has 0 aromatic heterocycles. The van der Waals surface area contributed by atoms with E-state index >= 15 is 0 Å². The summed E-state index contributed by atoms with van der Waals surface area (Å²) in [4.78, 5) is 0. The van der Waals surface area contributed by atoms with Crippen molar-refractivity contribution in [2.24, 2.45) is 11.3 Å². The minimum atomic E-state index is 0.230. The van der Waals surface area contributed by atoms with E-state index in [0.29, 0.717) is 22.6 Å². The molecular formula is C16H22N2O. The summed E-state index contributed by atoms with van der Waals surface area (Å²) < 4.78 is 6.05. The number of nitrogen functional groups attached to an aromatic ring is 1. The quantitative estimate of drug-likeness (QED) is 0.822. The van der Waals surface area contributed by atoms with Crippen LogP contribution in [0.25, 0.3) is 0 Å². The molecule has 2 rings (SSSR count). The van der Waals surface area contributed by atoms with Gasteiger partial charge in [0.05, 0.1) is 11.7 Å². The lowest BCUT2D eigenvalue weighted by molar-refractivity contribution is 0.0562. The average molecular weight is 258 g/mol. The number of ether oxygens (including phenoxy) is 1. The highest BCUT2D eigenvalue weighted by Crippen LogP contribution is 2.40. The molecule has 19 heavy (non-hydrogen) atoms. The normalized spacial score (nSPS) is 25.6. The Hall–Kier alpha value is -1.69. The summed E-state index contributed by atoms with van der Waals surface area (Å²) in [6.45, 7) is 6.87. The van der Waals surface area contributed by atoms with Gasteiger partial charge in [-0.05, 0) is 48.8 Å². The van der Waals surface area contributed by atoms with E-state index in [2.05, 4.69) is 26.8 Å². The first kappa shape index (κ1) is 13.7. The monoisotopic (exact) mass is 258 g/mol. The van der Waals surface area contributed by atoms with Gasteiger partial charge in [0.25, 0.3) is 0 Å². The molecule has 2 unspecified atom stereocenters. The first-order valence-electron chi connectivity index (χ1n) is 6.86. The van der Waals surface area contributed by atoms with Gasteiger partial charge in [0.1, 0.15) is 11.8 Å². The molecule has 1 aliphatic rings. The van der Waals surface area contributed by atoms with Crippen molar-refractivity contribution in [1.82, 2.24) is 0 Å². The second-order valence-electron chi connectivity index (χ2n) is 6.51. The topological polar surface area (TPSA) is 59.0 Å². The summed E-state index contributed by atoms with van der Waals surface area (Å²) in [7, 11) is 0. The van der Waals surface area contributed by atoms with Gasteiger partial charge in [0, 0.05) is 5.69 Å². The van der Waals surface area contributed by atoms with Gasteiger partial charge in [-0.25, -0.2) is 0 Å². The number of nitrogens with two attached hydrogens (primary N) is 1. The maximum absolute atomic E-state index is 8.99. The van der Waals surface area contributed by atoms with Gasteiger partial charge in [-0.2, -0.15) is 5.26 Å². The van der Waals surface area contributed by atoms with Crippen LogP contribution in [0.1, 0.15) is 45.6 Å². The van der Waals surface area contributed by atoms with Gasteiger partial charge in [0.15, 0.2) is 0 Å². The fourth-order valence-electron chi connectivity index (χ4n) is 3.25. The predicted octanol–water partition coefficient (Wildman–Crippen LogP) is 3.73. The molecule has 0 saturated heterocycles. The molecule has 3 nitrogen and oxygen atoms in total. The molecule has 1 fully saturated rings. The van der Waals surface area contributed by atoms with Gasteiger partial charge in [-0.1, -0.05) is 20.8 Å². The lowest BCUT2D eigenvalue weighted by Gasteiger charge is -2.38. The van der Waals surface area contributed by atoms with Gasteiger partial charge < -0.3 is 10.5 Å². The standard InChI is InChI=1S/C16H22N2O/c1-11-6-14(9-16(2,3)8-11)19-13-4-5-15(18)12(7-13)10-17/h4-5,7,11,14H,6,8-9,18H2,1-3H3. The summed E-state index contributed by atoms with van der Waals surface area (Å²) in [6, 6.07) is 7.42. The molecule has 1 aromatic carbocycles. The molecule has 3 heteroatoms. The fourth-order valence-corrected chi connectivity index (χ4v) is 3.25. The molecule has 0 radical (unpaired) electrons. The predicted molar refractivity (Wildman–Crippen MR) is 76.8 cm³/mol. The molecule has 0 spiro atoms. The Morgan fingerprint density at radius 2 is 2.11 bits per heavy atom. The second-order valence-corrected chi connectivity index (χ2v) is 6.51.